The first-order chi connectivity index (χ1) is 9.20. The average molecular weight is 325 g/mol. The van der Waals surface area contributed by atoms with Gasteiger partial charge in [-0.2, -0.15) is 13.2 Å². The maximum absolute atomic E-state index is 12.7. The second-order valence-electron chi connectivity index (χ2n) is 3.91. The van der Waals surface area contributed by atoms with Gasteiger partial charge in [0.1, 0.15) is 0 Å². The molecule has 0 unspecified atom stereocenters. The molecule has 20 heavy (non-hydrogen) atoms. The number of thioether (sulfide) groups is 1. The highest BCUT2D eigenvalue weighted by Crippen LogP contribution is 2.33. The maximum atomic E-state index is 12.7. The molecule has 5 nitrogen and oxygen atoms in total. The number of rotatable bonds is 3. The average Bonchev–Trinajstić information content (AvgIpc) is 2.71. The quantitative estimate of drug-likeness (QED) is 0.880. The largest absolute Gasteiger partial charge is 0.417 e. The highest BCUT2D eigenvalue weighted by Gasteiger charge is 2.32. The molecule has 2 N–H and O–H groups in total. The smallest absolute Gasteiger partial charge is 0.369 e. The molecule has 0 saturated carbocycles. The van der Waals surface area contributed by atoms with Crippen LogP contribution in [-0.2, 0) is 11.0 Å². The van der Waals surface area contributed by atoms with E-state index < -0.39 is 22.9 Å². The molecule has 2 heterocycles. The first-order valence-electron chi connectivity index (χ1n) is 5.27. The van der Waals surface area contributed by atoms with E-state index in [4.69, 9.17) is 17.3 Å². The number of nitrogens with zero attached hydrogens (tertiary/aromatic N) is 3. The Morgan fingerprint density at radius 2 is 2.15 bits per heavy atom. The Hall–Kier alpha value is -1.48. The second kappa shape index (κ2) is 5.13. The van der Waals surface area contributed by atoms with Gasteiger partial charge >= 0.3 is 6.18 Å². The third-order valence-corrected chi connectivity index (χ3v) is 3.79. The van der Waals surface area contributed by atoms with E-state index in [2.05, 4.69) is 10.2 Å². The van der Waals surface area contributed by atoms with Gasteiger partial charge in [-0.3, -0.25) is 9.20 Å². The van der Waals surface area contributed by atoms with E-state index in [-0.39, 0.29) is 15.8 Å². The molecule has 0 aliphatic rings. The number of carbonyl (C=O) groups is 1. The van der Waals surface area contributed by atoms with Crippen LogP contribution in [0.1, 0.15) is 12.5 Å². The summed E-state index contributed by atoms with van der Waals surface area (Å²) >= 11 is 6.66. The van der Waals surface area contributed by atoms with Crippen LogP contribution in [0.2, 0.25) is 5.02 Å². The zero-order valence-electron chi connectivity index (χ0n) is 9.98. The molecule has 0 saturated heterocycles. The second-order valence-corrected chi connectivity index (χ2v) is 5.63. The Morgan fingerprint density at radius 1 is 1.50 bits per heavy atom. The van der Waals surface area contributed by atoms with Crippen molar-refractivity contribution in [2.45, 2.75) is 23.5 Å². The van der Waals surface area contributed by atoms with Crippen molar-refractivity contribution in [1.29, 1.82) is 0 Å². The topological polar surface area (TPSA) is 73.3 Å². The van der Waals surface area contributed by atoms with Gasteiger partial charge in [0.25, 0.3) is 0 Å². The number of nitrogens with two attached hydrogens (primary N) is 1. The molecule has 0 fully saturated rings. The van der Waals surface area contributed by atoms with Crippen molar-refractivity contribution in [2.75, 3.05) is 0 Å². The number of carbonyl (C=O) groups excluding carboxylic acids is 1. The fraction of sp³-hybridized carbons (Fsp3) is 0.300. The van der Waals surface area contributed by atoms with E-state index in [1.54, 1.807) is 0 Å². The van der Waals surface area contributed by atoms with E-state index in [9.17, 15) is 18.0 Å². The van der Waals surface area contributed by atoms with Gasteiger partial charge in [-0.15, -0.1) is 10.2 Å². The normalized spacial score (nSPS) is 13.7. The molecule has 1 amide bonds. The number of halogens is 4. The minimum absolute atomic E-state index is 0.0823. The first-order valence-corrected chi connectivity index (χ1v) is 6.53. The lowest BCUT2D eigenvalue weighted by molar-refractivity contribution is -0.137. The Kier molecular flexibility index (Phi) is 3.83. The molecule has 108 valence electrons. The molecule has 2 rings (SSSR count). The van der Waals surface area contributed by atoms with Gasteiger partial charge in [0.05, 0.1) is 15.8 Å². The van der Waals surface area contributed by atoms with Crippen molar-refractivity contribution >= 4 is 34.9 Å². The Bertz CT molecular complexity index is 672. The minimum atomic E-state index is -4.54. The Balaban J connectivity index is 2.53. The summed E-state index contributed by atoms with van der Waals surface area (Å²) in [5.41, 5.74) is 4.26. The van der Waals surface area contributed by atoms with E-state index >= 15 is 0 Å². The molecule has 0 bridgehead atoms. The van der Waals surface area contributed by atoms with Crippen molar-refractivity contribution < 1.29 is 18.0 Å². The fourth-order valence-electron chi connectivity index (χ4n) is 1.39. The number of alkyl halides is 3. The molecular weight excluding hydrogens is 317 g/mol. The SMILES string of the molecule is C[C@@H](Sc1nnc2c(Cl)cc(C(F)(F)F)cn12)C(N)=O. The van der Waals surface area contributed by atoms with Crippen molar-refractivity contribution in [2.24, 2.45) is 5.73 Å². The van der Waals surface area contributed by atoms with Gasteiger partial charge in [-0.05, 0) is 13.0 Å². The van der Waals surface area contributed by atoms with Crippen LogP contribution in [0.4, 0.5) is 13.2 Å². The fourth-order valence-corrected chi connectivity index (χ4v) is 2.40. The lowest BCUT2D eigenvalue weighted by Crippen LogP contribution is -2.22. The monoisotopic (exact) mass is 324 g/mol. The van der Waals surface area contributed by atoms with E-state index in [0.29, 0.717) is 0 Å². The lowest BCUT2D eigenvalue weighted by Gasteiger charge is -2.09. The number of hydrogen-bond donors (Lipinski definition) is 1. The zero-order valence-corrected chi connectivity index (χ0v) is 11.6. The number of pyridine rings is 1. The van der Waals surface area contributed by atoms with Crippen LogP contribution in [0.15, 0.2) is 17.4 Å². The summed E-state index contributed by atoms with van der Waals surface area (Å²) in [6.45, 7) is 1.52. The summed E-state index contributed by atoms with van der Waals surface area (Å²) < 4.78 is 39.3. The van der Waals surface area contributed by atoms with E-state index in [0.717, 1.165) is 28.4 Å². The molecule has 0 aliphatic heterocycles. The predicted octanol–water partition coefficient (Wildman–Crippen LogP) is 2.37. The van der Waals surface area contributed by atoms with Gasteiger partial charge < -0.3 is 5.73 Å². The first kappa shape index (κ1) is 14.9. The van der Waals surface area contributed by atoms with Crippen LogP contribution in [0, 0.1) is 0 Å². The van der Waals surface area contributed by atoms with Gasteiger partial charge in [0, 0.05) is 6.20 Å². The molecule has 1 atom stereocenters. The lowest BCUT2D eigenvalue weighted by atomic mass is 10.3. The van der Waals surface area contributed by atoms with E-state index in [1.807, 2.05) is 0 Å². The molecule has 2 aromatic heterocycles. The minimum Gasteiger partial charge on any atom is -0.369 e. The molecule has 10 heteroatoms. The molecular formula is C10H8ClF3N4OS. The predicted molar refractivity (Wildman–Crippen MR) is 67.5 cm³/mol. The van der Waals surface area contributed by atoms with Crippen LogP contribution < -0.4 is 5.73 Å². The standard InChI is InChI=1S/C10H8ClF3N4OS/c1-4(7(15)19)20-9-17-16-8-6(11)2-5(3-18(8)9)10(12,13)14/h2-4H,1H3,(H2,15,19)/t4-/m1/s1. The molecule has 0 aromatic carbocycles. The summed E-state index contributed by atoms with van der Waals surface area (Å²) in [5, 5.41) is 6.69. The van der Waals surface area contributed by atoms with Gasteiger partial charge in [0.2, 0.25) is 5.91 Å². The van der Waals surface area contributed by atoms with Gasteiger partial charge in [-0.1, -0.05) is 23.4 Å². The van der Waals surface area contributed by atoms with Crippen LogP contribution in [0.25, 0.3) is 5.65 Å². The summed E-state index contributed by atoms with van der Waals surface area (Å²) in [7, 11) is 0. The summed E-state index contributed by atoms with van der Waals surface area (Å²) in [4.78, 5) is 11.0. The van der Waals surface area contributed by atoms with Crippen molar-refractivity contribution in [1.82, 2.24) is 14.6 Å². The Morgan fingerprint density at radius 3 is 2.70 bits per heavy atom. The number of primary amides is 1. The molecule has 0 radical (unpaired) electrons. The van der Waals surface area contributed by atoms with Crippen LogP contribution in [-0.4, -0.2) is 25.8 Å². The number of aromatic nitrogens is 3. The van der Waals surface area contributed by atoms with Crippen LogP contribution in [0.5, 0.6) is 0 Å². The highest BCUT2D eigenvalue weighted by molar-refractivity contribution is 8.00. The molecule has 2 aromatic rings. The number of amides is 1. The Labute approximate surface area is 120 Å². The van der Waals surface area contributed by atoms with Crippen LogP contribution in [0.3, 0.4) is 0 Å². The third kappa shape index (κ3) is 2.83. The number of hydrogen-bond acceptors (Lipinski definition) is 4. The van der Waals surface area contributed by atoms with Crippen molar-refractivity contribution in [3.8, 4) is 0 Å². The van der Waals surface area contributed by atoms with Gasteiger partial charge in [0.15, 0.2) is 10.8 Å². The maximum Gasteiger partial charge on any atom is 0.417 e. The van der Waals surface area contributed by atoms with Gasteiger partial charge in [-0.25, -0.2) is 0 Å². The summed E-state index contributed by atoms with van der Waals surface area (Å²) in [6.07, 6.45) is -3.71. The summed E-state index contributed by atoms with van der Waals surface area (Å²) in [5.74, 6) is -0.607. The molecule has 0 aliphatic carbocycles. The summed E-state index contributed by atoms with van der Waals surface area (Å²) in [6, 6.07) is 0.775. The van der Waals surface area contributed by atoms with Crippen molar-refractivity contribution in [3.05, 3.63) is 22.8 Å². The third-order valence-electron chi connectivity index (χ3n) is 2.44. The van der Waals surface area contributed by atoms with E-state index in [1.165, 1.54) is 6.92 Å². The zero-order chi connectivity index (χ0) is 15.1. The highest BCUT2D eigenvalue weighted by atomic mass is 35.5. The van der Waals surface area contributed by atoms with Crippen molar-refractivity contribution in [3.63, 3.8) is 0 Å². The number of fused-ring (bicyclic) bond motifs is 1. The van der Waals surface area contributed by atoms with Crippen LogP contribution >= 0.6 is 23.4 Å². The molecule has 0 spiro atoms.